The minimum Gasteiger partial charge on any atom is -0.236 e. The summed E-state index contributed by atoms with van der Waals surface area (Å²) in [7, 11) is 0. The molecule has 0 saturated heterocycles. The number of aromatic nitrogens is 2. The first-order valence-electron chi connectivity index (χ1n) is 16.2. The molecule has 10 rings (SSSR count). The molecule has 0 aliphatic heterocycles. The fraction of sp³-hybridized carbons (Fsp3) is 0.136. The van der Waals surface area contributed by atoms with Gasteiger partial charge in [-0.25, -0.2) is 9.97 Å². The Morgan fingerprint density at radius 1 is 0.435 bits per heavy atom. The second kappa shape index (κ2) is 8.68. The third-order valence-electron chi connectivity index (χ3n) is 11.1. The Balaban J connectivity index is 1.21. The summed E-state index contributed by atoms with van der Waals surface area (Å²) in [6.45, 7) is 9.57. The molecule has 2 aliphatic carbocycles. The predicted molar refractivity (Wildman–Crippen MR) is 192 cm³/mol. The molecule has 0 amide bonds. The molecule has 2 heteroatoms. The van der Waals surface area contributed by atoms with Crippen molar-refractivity contribution in [3.8, 4) is 44.8 Å². The summed E-state index contributed by atoms with van der Waals surface area (Å²) in [5.41, 5.74) is 14.3. The minimum atomic E-state index is -0.106. The molecular weight excluding hydrogens is 556 g/mol. The number of nitrogens with zero attached hydrogens (tertiary/aromatic N) is 2. The quantitative estimate of drug-likeness (QED) is 0.188. The predicted octanol–water partition coefficient (Wildman–Crippen LogP) is 11.3. The lowest BCUT2D eigenvalue weighted by molar-refractivity contribution is 0.652. The molecule has 0 N–H and O–H groups in total. The maximum Gasteiger partial charge on any atom is 0.159 e. The van der Waals surface area contributed by atoms with Gasteiger partial charge in [-0.05, 0) is 107 Å². The van der Waals surface area contributed by atoms with Crippen LogP contribution in [-0.4, -0.2) is 9.97 Å². The van der Waals surface area contributed by atoms with Gasteiger partial charge >= 0.3 is 0 Å². The average Bonchev–Trinajstić information content (AvgIpc) is 3.45. The summed E-state index contributed by atoms with van der Waals surface area (Å²) >= 11 is 0. The van der Waals surface area contributed by atoms with Crippen LogP contribution in [-0.2, 0) is 10.8 Å². The Morgan fingerprint density at radius 2 is 1.07 bits per heavy atom. The molecule has 218 valence electrons. The molecule has 2 aliphatic rings. The third kappa shape index (κ3) is 3.21. The van der Waals surface area contributed by atoms with Crippen LogP contribution in [0.3, 0.4) is 0 Å². The van der Waals surface area contributed by atoms with E-state index < -0.39 is 0 Å². The summed E-state index contributed by atoms with van der Waals surface area (Å²) in [5, 5.41) is 7.72. The Hall–Kier alpha value is -5.34. The summed E-state index contributed by atoms with van der Waals surface area (Å²) < 4.78 is 0. The highest BCUT2D eigenvalue weighted by Gasteiger charge is 2.42. The molecular formula is C44H32N2. The Bertz CT molecular complexity index is 2550. The van der Waals surface area contributed by atoms with E-state index in [-0.39, 0.29) is 10.8 Å². The van der Waals surface area contributed by atoms with Crippen molar-refractivity contribution in [3.05, 3.63) is 144 Å². The lowest BCUT2D eigenvalue weighted by Gasteiger charge is -2.24. The third-order valence-corrected chi connectivity index (χ3v) is 11.1. The highest BCUT2D eigenvalue weighted by atomic mass is 14.9. The van der Waals surface area contributed by atoms with Gasteiger partial charge in [0.2, 0.25) is 0 Å². The van der Waals surface area contributed by atoms with Crippen LogP contribution in [0.1, 0.15) is 49.9 Å². The van der Waals surface area contributed by atoms with E-state index in [0.717, 1.165) is 22.5 Å². The summed E-state index contributed by atoms with van der Waals surface area (Å²) in [4.78, 5) is 9.73. The summed E-state index contributed by atoms with van der Waals surface area (Å²) in [5.74, 6) is 0.756. The Morgan fingerprint density at radius 3 is 1.89 bits per heavy atom. The Kier molecular flexibility index (Phi) is 4.89. The van der Waals surface area contributed by atoms with E-state index in [0.29, 0.717) is 0 Å². The maximum atomic E-state index is 4.87. The highest BCUT2D eigenvalue weighted by molar-refractivity contribution is 6.28. The van der Waals surface area contributed by atoms with Gasteiger partial charge in [-0.1, -0.05) is 113 Å². The van der Waals surface area contributed by atoms with E-state index in [2.05, 4.69) is 119 Å². The molecule has 0 bridgehead atoms. The van der Waals surface area contributed by atoms with Gasteiger partial charge in [-0.15, -0.1) is 0 Å². The van der Waals surface area contributed by atoms with Crippen LogP contribution in [0.2, 0.25) is 0 Å². The van der Waals surface area contributed by atoms with Gasteiger partial charge in [-0.3, -0.25) is 0 Å². The van der Waals surface area contributed by atoms with Crippen molar-refractivity contribution in [2.75, 3.05) is 0 Å². The molecule has 0 atom stereocenters. The normalized spacial score (nSPS) is 15.3. The molecule has 7 aromatic carbocycles. The van der Waals surface area contributed by atoms with Gasteiger partial charge in [0.05, 0.1) is 0 Å². The number of hydrogen-bond acceptors (Lipinski definition) is 2. The zero-order valence-electron chi connectivity index (χ0n) is 26.4. The average molecular weight is 589 g/mol. The largest absolute Gasteiger partial charge is 0.236 e. The van der Waals surface area contributed by atoms with Crippen LogP contribution in [0.15, 0.2) is 122 Å². The minimum absolute atomic E-state index is 0.0391. The van der Waals surface area contributed by atoms with Gasteiger partial charge in [0.25, 0.3) is 0 Å². The van der Waals surface area contributed by atoms with Crippen molar-refractivity contribution < 1.29 is 0 Å². The van der Waals surface area contributed by atoms with E-state index in [4.69, 9.17) is 9.97 Å². The SMILES string of the molecule is CC1(C)c2ccccc2-c2cc3c(cc21)-c1c(cc2ccc4c(-c5ncc(-c6ccccc6)cn5)ccc5ccc1c2c54)C3(C)C. The van der Waals surface area contributed by atoms with Gasteiger partial charge < -0.3 is 0 Å². The standard InChI is InChI=1S/C44H32N2/c1-43(2)35-13-9-8-12-29(35)33-21-37-34(22-36(33)43)41-32-19-15-26-14-18-31(42-45-23-28(24-46-42)25-10-6-5-7-11-25)30-17-16-27(40(32)39(26)30)20-38(41)44(37,3)4/h5-24H,1-4H3. The zero-order chi connectivity index (χ0) is 30.9. The molecule has 8 aromatic rings. The first kappa shape index (κ1) is 25.9. The van der Waals surface area contributed by atoms with E-state index >= 15 is 0 Å². The monoisotopic (exact) mass is 588 g/mol. The van der Waals surface area contributed by atoms with Crippen molar-refractivity contribution >= 4 is 32.3 Å². The molecule has 0 unspecified atom stereocenters. The van der Waals surface area contributed by atoms with Gasteiger partial charge in [-0.2, -0.15) is 0 Å². The van der Waals surface area contributed by atoms with Crippen LogP contribution in [0.4, 0.5) is 0 Å². The first-order valence-corrected chi connectivity index (χ1v) is 16.2. The molecule has 0 saturated carbocycles. The molecule has 1 aromatic heterocycles. The van der Waals surface area contributed by atoms with E-state index in [1.165, 1.54) is 76.8 Å². The molecule has 0 fully saturated rings. The lowest BCUT2D eigenvalue weighted by atomic mass is 9.79. The van der Waals surface area contributed by atoms with Crippen LogP contribution in [0, 0.1) is 0 Å². The molecule has 1 heterocycles. The zero-order valence-corrected chi connectivity index (χ0v) is 26.4. The lowest BCUT2D eigenvalue weighted by Crippen LogP contribution is -2.17. The highest BCUT2D eigenvalue weighted by Crippen LogP contribution is 2.58. The van der Waals surface area contributed by atoms with Crippen molar-refractivity contribution in [3.63, 3.8) is 0 Å². The van der Waals surface area contributed by atoms with Crippen molar-refractivity contribution in [2.24, 2.45) is 0 Å². The van der Waals surface area contributed by atoms with Crippen molar-refractivity contribution in [2.45, 2.75) is 38.5 Å². The number of fused-ring (bicyclic) bond motifs is 7. The summed E-state index contributed by atoms with van der Waals surface area (Å²) in [6.07, 6.45) is 3.89. The van der Waals surface area contributed by atoms with Crippen LogP contribution in [0.5, 0.6) is 0 Å². The topological polar surface area (TPSA) is 25.8 Å². The van der Waals surface area contributed by atoms with Crippen molar-refractivity contribution in [1.82, 2.24) is 9.97 Å². The van der Waals surface area contributed by atoms with Crippen LogP contribution < -0.4 is 0 Å². The second-order valence-corrected chi connectivity index (χ2v) is 14.2. The molecule has 46 heavy (non-hydrogen) atoms. The van der Waals surface area contributed by atoms with Crippen molar-refractivity contribution in [1.29, 1.82) is 0 Å². The number of rotatable bonds is 2. The number of benzene rings is 7. The van der Waals surface area contributed by atoms with Crippen LogP contribution in [0.25, 0.3) is 77.1 Å². The Labute approximate surface area is 268 Å². The fourth-order valence-electron chi connectivity index (χ4n) is 8.72. The fourth-order valence-corrected chi connectivity index (χ4v) is 8.72. The van der Waals surface area contributed by atoms with E-state index in [1.807, 2.05) is 30.6 Å². The van der Waals surface area contributed by atoms with E-state index in [9.17, 15) is 0 Å². The number of hydrogen-bond donors (Lipinski definition) is 0. The van der Waals surface area contributed by atoms with Gasteiger partial charge in [0, 0.05) is 34.4 Å². The van der Waals surface area contributed by atoms with E-state index in [1.54, 1.807) is 0 Å². The first-order chi connectivity index (χ1) is 22.3. The second-order valence-electron chi connectivity index (χ2n) is 14.2. The van der Waals surface area contributed by atoms with Crippen LogP contribution >= 0.6 is 0 Å². The molecule has 0 radical (unpaired) electrons. The molecule has 2 nitrogen and oxygen atoms in total. The maximum absolute atomic E-state index is 4.87. The summed E-state index contributed by atoms with van der Waals surface area (Å²) in [6, 6.07) is 40.5. The molecule has 0 spiro atoms. The van der Waals surface area contributed by atoms with Gasteiger partial charge in [0.1, 0.15) is 0 Å². The smallest absolute Gasteiger partial charge is 0.159 e. The van der Waals surface area contributed by atoms with Gasteiger partial charge in [0.15, 0.2) is 5.82 Å².